The van der Waals surface area contributed by atoms with Crippen LogP contribution in [0.3, 0.4) is 0 Å². The highest BCUT2D eigenvalue weighted by Crippen LogP contribution is 2.33. The average molecular weight is 537 g/mol. The first kappa shape index (κ1) is 28.5. The lowest BCUT2D eigenvalue weighted by atomic mass is 10.1. The molecule has 39 heavy (non-hydrogen) atoms. The van der Waals surface area contributed by atoms with Crippen molar-refractivity contribution < 1.29 is 18.7 Å². The lowest BCUT2D eigenvalue weighted by molar-refractivity contribution is 0.0785. The molecule has 1 fully saturated rings. The number of carbonyl (C=O) groups excluding carboxylic acids is 1. The van der Waals surface area contributed by atoms with Crippen LogP contribution in [0.15, 0.2) is 42.5 Å². The van der Waals surface area contributed by atoms with Crippen molar-refractivity contribution in [1.29, 1.82) is 0 Å². The highest BCUT2D eigenvalue weighted by atomic mass is 19.1. The standard InChI is InChI=1S/C31H41FN4O3/c1-7-34-16-18-35(19-17-34)29-22(2)30(36(23(29)3)21-25-10-8-9-11-26(25)32)31(37)33(4)15-14-24-12-13-27(38-5)28(20-24)39-6/h8-13,20H,7,14-19,21H2,1-6H3. The Kier molecular flexibility index (Phi) is 9.17. The molecule has 0 saturated carbocycles. The second-order valence-corrected chi connectivity index (χ2v) is 10.2. The van der Waals surface area contributed by atoms with Crippen LogP contribution in [-0.2, 0) is 13.0 Å². The summed E-state index contributed by atoms with van der Waals surface area (Å²) in [6.45, 7) is 11.9. The zero-order valence-electron chi connectivity index (χ0n) is 24.1. The maximum absolute atomic E-state index is 14.7. The number of likely N-dealkylation sites (N-methyl/N-ethyl adjacent to an activating group) is 2. The van der Waals surface area contributed by atoms with Crippen LogP contribution in [0.4, 0.5) is 10.1 Å². The number of aromatic nitrogens is 1. The highest BCUT2D eigenvalue weighted by Gasteiger charge is 2.29. The molecule has 0 atom stereocenters. The van der Waals surface area contributed by atoms with E-state index in [0.29, 0.717) is 42.3 Å². The molecule has 1 aromatic heterocycles. The third-order valence-electron chi connectivity index (χ3n) is 7.88. The average Bonchev–Trinajstić information content (AvgIpc) is 3.20. The molecule has 2 aromatic carbocycles. The summed E-state index contributed by atoms with van der Waals surface area (Å²) in [5.41, 5.74) is 5.29. The van der Waals surface area contributed by atoms with Crippen molar-refractivity contribution in [1.82, 2.24) is 14.4 Å². The number of rotatable bonds is 10. The monoisotopic (exact) mass is 536 g/mol. The van der Waals surface area contributed by atoms with Gasteiger partial charge in [0.15, 0.2) is 11.5 Å². The van der Waals surface area contributed by atoms with E-state index in [9.17, 15) is 9.18 Å². The summed E-state index contributed by atoms with van der Waals surface area (Å²) in [4.78, 5) is 20.6. The second-order valence-electron chi connectivity index (χ2n) is 10.2. The third-order valence-corrected chi connectivity index (χ3v) is 7.88. The predicted molar refractivity (Wildman–Crippen MR) is 154 cm³/mol. The van der Waals surface area contributed by atoms with Crippen molar-refractivity contribution in [2.75, 3.05) is 65.4 Å². The van der Waals surface area contributed by atoms with Crippen LogP contribution in [0.1, 0.15) is 39.8 Å². The van der Waals surface area contributed by atoms with Crippen molar-refractivity contribution in [2.45, 2.75) is 33.7 Å². The van der Waals surface area contributed by atoms with Gasteiger partial charge in [-0.15, -0.1) is 0 Å². The molecule has 0 spiro atoms. The molecular formula is C31H41FN4O3. The van der Waals surface area contributed by atoms with Crippen LogP contribution in [0.2, 0.25) is 0 Å². The van der Waals surface area contributed by atoms with Gasteiger partial charge in [0.25, 0.3) is 5.91 Å². The Morgan fingerprint density at radius 1 is 1.00 bits per heavy atom. The molecule has 8 heteroatoms. The number of nitrogens with zero attached hydrogens (tertiary/aromatic N) is 4. The molecule has 0 unspecified atom stereocenters. The summed E-state index contributed by atoms with van der Waals surface area (Å²) in [5.74, 6) is 1.02. The number of hydrogen-bond acceptors (Lipinski definition) is 5. The minimum atomic E-state index is -0.262. The van der Waals surface area contributed by atoms with Gasteiger partial charge in [0.1, 0.15) is 11.5 Å². The zero-order chi connectivity index (χ0) is 28.1. The highest BCUT2D eigenvalue weighted by molar-refractivity contribution is 5.96. The van der Waals surface area contributed by atoms with Crippen molar-refractivity contribution in [3.8, 4) is 11.5 Å². The molecule has 0 radical (unpaired) electrons. The van der Waals surface area contributed by atoms with Gasteiger partial charge < -0.3 is 28.7 Å². The number of hydrogen-bond donors (Lipinski definition) is 0. The normalized spacial score (nSPS) is 14.0. The molecule has 4 rings (SSSR count). The fourth-order valence-electron chi connectivity index (χ4n) is 5.52. The Labute approximate surface area is 231 Å². The third kappa shape index (κ3) is 6.06. The number of benzene rings is 2. The molecule has 0 N–H and O–H groups in total. The maximum atomic E-state index is 14.7. The minimum absolute atomic E-state index is 0.0640. The van der Waals surface area contributed by atoms with Gasteiger partial charge in [-0.3, -0.25) is 4.79 Å². The Balaban J connectivity index is 1.63. The van der Waals surface area contributed by atoms with Gasteiger partial charge in [-0.2, -0.15) is 0 Å². The number of anilines is 1. The molecule has 1 aliphatic heterocycles. The Hall–Kier alpha value is -3.52. The fourth-order valence-corrected chi connectivity index (χ4v) is 5.52. The number of methoxy groups -OCH3 is 2. The molecule has 1 amide bonds. The second kappa shape index (κ2) is 12.6. The summed E-state index contributed by atoms with van der Waals surface area (Å²) < 4.78 is 27.5. The molecule has 210 valence electrons. The molecule has 2 heterocycles. The van der Waals surface area contributed by atoms with Gasteiger partial charge in [-0.25, -0.2) is 4.39 Å². The number of amides is 1. The number of halogens is 1. The Bertz CT molecular complexity index is 1300. The molecule has 1 saturated heterocycles. The fraction of sp³-hybridized carbons (Fsp3) is 0.452. The summed E-state index contributed by atoms with van der Waals surface area (Å²) in [7, 11) is 5.06. The molecule has 1 aliphatic rings. The quantitative estimate of drug-likeness (QED) is 0.374. The lowest BCUT2D eigenvalue weighted by Gasteiger charge is -2.36. The van der Waals surface area contributed by atoms with Gasteiger partial charge in [0, 0.05) is 56.6 Å². The Morgan fingerprint density at radius 2 is 1.69 bits per heavy atom. The SMILES string of the molecule is CCN1CCN(c2c(C)c(C(=O)N(C)CCc3ccc(OC)c(OC)c3)n(Cc3ccccc3F)c2C)CC1. The molecule has 0 bridgehead atoms. The number of piperazine rings is 1. The van der Waals surface area contributed by atoms with Gasteiger partial charge in [0.05, 0.1) is 26.5 Å². The van der Waals surface area contributed by atoms with Gasteiger partial charge in [-0.05, 0) is 50.6 Å². The van der Waals surface area contributed by atoms with E-state index in [2.05, 4.69) is 23.6 Å². The summed E-state index contributed by atoms with van der Waals surface area (Å²) in [6, 6.07) is 12.6. The van der Waals surface area contributed by atoms with E-state index in [-0.39, 0.29) is 11.7 Å². The number of ether oxygens (including phenoxy) is 2. The van der Waals surface area contributed by atoms with E-state index >= 15 is 0 Å². The van der Waals surface area contributed by atoms with E-state index in [4.69, 9.17) is 9.47 Å². The van der Waals surface area contributed by atoms with Crippen LogP contribution in [0.5, 0.6) is 11.5 Å². The number of carbonyl (C=O) groups is 1. The van der Waals surface area contributed by atoms with Crippen molar-refractivity contribution in [2.24, 2.45) is 0 Å². The van der Waals surface area contributed by atoms with E-state index in [1.165, 1.54) is 6.07 Å². The largest absolute Gasteiger partial charge is 0.493 e. The molecule has 7 nitrogen and oxygen atoms in total. The lowest BCUT2D eigenvalue weighted by Crippen LogP contribution is -2.46. The topological polar surface area (TPSA) is 50.2 Å². The van der Waals surface area contributed by atoms with Crippen molar-refractivity contribution >= 4 is 11.6 Å². The molecular weight excluding hydrogens is 495 g/mol. The van der Waals surface area contributed by atoms with Gasteiger partial charge in [0.2, 0.25) is 0 Å². The summed E-state index contributed by atoms with van der Waals surface area (Å²) in [5, 5.41) is 0. The van der Waals surface area contributed by atoms with E-state index < -0.39 is 0 Å². The van der Waals surface area contributed by atoms with Crippen LogP contribution in [-0.4, -0.2) is 80.8 Å². The van der Waals surface area contributed by atoms with Crippen molar-refractivity contribution in [3.63, 3.8) is 0 Å². The first-order valence-corrected chi connectivity index (χ1v) is 13.7. The first-order chi connectivity index (χ1) is 18.8. The van der Waals surface area contributed by atoms with E-state index in [0.717, 1.165) is 55.2 Å². The first-order valence-electron chi connectivity index (χ1n) is 13.7. The summed E-state index contributed by atoms with van der Waals surface area (Å²) >= 11 is 0. The van der Waals surface area contributed by atoms with Gasteiger partial charge in [-0.1, -0.05) is 31.2 Å². The van der Waals surface area contributed by atoms with Crippen LogP contribution >= 0.6 is 0 Å². The van der Waals surface area contributed by atoms with Crippen LogP contribution < -0.4 is 14.4 Å². The Morgan fingerprint density at radius 3 is 2.33 bits per heavy atom. The zero-order valence-corrected chi connectivity index (χ0v) is 24.1. The molecule has 3 aromatic rings. The summed E-state index contributed by atoms with van der Waals surface area (Å²) in [6.07, 6.45) is 0.667. The van der Waals surface area contributed by atoms with E-state index in [1.54, 1.807) is 31.3 Å². The van der Waals surface area contributed by atoms with Crippen LogP contribution in [0, 0.1) is 19.7 Å². The van der Waals surface area contributed by atoms with E-state index in [1.807, 2.05) is 42.8 Å². The predicted octanol–water partition coefficient (Wildman–Crippen LogP) is 4.77. The van der Waals surface area contributed by atoms with Crippen LogP contribution in [0.25, 0.3) is 0 Å². The molecule has 0 aliphatic carbocycles. The maximum Gasteiger partial charge on any atom is 0.270 e. The minimum Gasteiger partial charge on any atom is -0.493 e. The van der Waals surface area contributed by atoms with Crippen molar-refractivity contribution in [3.05, 3.63) is 76.4 Å². The van der Waals surface area contributed by atoms with Gasteiger partial charge >= 0.3 is 0 Å². The smallest absolute Gasteiger partial charge is 0.270 e.